The minimum atomic E-state index is -0.217. The standard InChI is InChI=1S/C36H32N4O3/c41-33-16-18-39(19-17-33)31-11-8-27(9-12-31)36(43)38-30-10-15-34-29(22-30)23-37-40(34)32-13-6-26(7-14-32)35(42)21-24-4-5-25-2-1-3-28(25)20-24/h1-2,4-15,20,22-23,33,41H,3,16-19,21H2,(H,38,43). The Hall–Kier alpha value is -5.01. The molecule has 1 aliphatic heterocycles. The minimum Gasteiger partial charge on any atom is -0.393 e. The molecule has 0 spiro atoms. The number of ketones is 1. The molecule has 214 valence electrons. The lowest BCUT2D eigenvalue weighted by Crippen LogP contribution is -2.35. The SMILES string of the molecule is O=C(Cc1ccc2c(c1)CC=C2)c1ccc(-n2ncc3cc(NC(=O)c4ccc(N5CCC(O)CC5)cc4)ccc32)cc1. The number of aliphatic hydroxyl groups is 1. The Balaban J connectivity index is 1.01. The van der Waals surface area contributed by atoms with E-state index in [1.807, 2.05) is 77.5 Å². The molecule has 5 aromatic rings. The highest BCUT2D eigenvalue weighted by molar-refractivity contribution is 6.05. The minimum absolute atomic E-state index is 0.0872. The predicted molar refractivity (Wildman–Crippen MR) is 170 cm³/mol. The van der Waals surface area contributed by atoms with Gasteiger partial charge in [0, 0.05) is 47.4 Å². The van der Waals surface area contributed by atoms with Crippen molar-refractivity contribution in [3.05, 3.63) is 125 Å². The summed E-state index contributed by atoms with van der Waals surface area (Å²) in [6.45, 7) is 1.63. The van der Waals surface area contributed by atoms with Gasteiger partial charge >= 0.3 is 0 Å². The fourth-order valence-electron chi connectivity index (χ4n) is 5.96. The number of anilines is 2. The largest absolute Gasteiger partial charge is 0.393 e. The first-order valence-corrected chi connectivity index (χ1v) is 14.7. The van der Waals surface area contributed by atoms with Gasteiger partial charge in [-0.05, 0) is 103 Å². The van der Waals surface area contributed by atoms with Crippen LogP contribution in [0.5, 0.6) is 0 Å². The number of rotatable bonds is 7. The van der Waals surface area contributed by atoms with Crippen LogP contribution in [0.25, 0.3) is 22.7 Å². The first-order chi connectivity index (χ1) is 21.0. The van der Waals surface area contributed by atoms with Crippen LogP contribution < -0.4 is 10.2 Å². The summed E-state index contributed by atoms with van der Waals surface area (Å²) in [5.74, 6) is -0.0895. The number of amides is 1. The summed E-state index contributed by atoms with van der Waals surface area (Å²) >= 11 is 0. The van der Waals surface area contributed by atoms with Crippen LogP contribution in [-0.4, -0.2) is 45.8 Å². The number of carbonyl (C=O) groups excluding carboxylic acids is 2. The highest BCUT2D eigenvalue weighted by atomic mass is 16.3. The van der Waals surface area contributed by atoms with E-state index in [4.69, 9.17) is 0 Å². The van der Waals surface area contributed by atoms with Crippen molar-refractivity contribution in [2.24, 2.45) is 0 Å². The lowest BCUT2D eigenvalue weighted by atomic mass is 9.99. The molecule has 43 heavy (non-hydrogen) atoms. The van der Waals surface area contributed by atoms with Crippen LogP contribution in [0, 0.1) is 0 Å². The molecule has 2 aliphatic rings. The van der Waals surface area contributed by atoms with E-state index >= 15 is 0 Å². The molecule has 1 aromatic heterocycles. The Morgan fingerprint density at radius 2 is 1.60 bits per heavy atom. The molecule has 7 rings (SSSR count). The Bertz CT molecular complexity index is 1850. The van der Waals surface area contributed by atoms with Crippen LogP contribution in [0.3, 0.4) is 0 Å². The zero-order valence-corrected chi connectivity index (χ0v) is 23.7. The van der Waals surface area contributed by atoms with E-state index in [0.717, 1.165) is 60.2 Å². The van der Waals surface area contributed by atoms with Crippen molar-refractivity contribution in [3.8, 4) is 5.69 Å². The van der Waals surface area contributed by atoms with Gasteiger partial charge in [0.25, 0.3) is 5.91 Å². The van der Waals surface area contributed by atoms with E-state index in [2.05, 4.69) is 39.6 Å². The fraction of sp³-hybridized carbons (Fsp3) is 0.194. The van der Waals surface area contributed by atoms with Crippen LogP contribution in [0.15, 0.2) is 97.2 Å². The van der Waals surface area contributed by atoms with E-state index < -0.39 is 0 Å². The molecule has 0 radical (unpaired) electrons. The van der Waals surface area contributed by atoms with Crippen LogP contribution in [0.2, 0.25) is 0 Å². The Morgan fingerprint density at radius 3 is 2.40 bits per heavy atom. The number of aromatic nitrogens is 2. The quantitative estimate of drug-likeness (QED) is 0.227. The monoisotopic (exact) mass is 568 g/mol. The predicted octanol–water partition coefficient (Wildman–Crippen LogP) is 6.23. The van der Waals surface area contributed by atoms with Gasteiger partial charge in [0.2, 0.25) is 0 Å². The second-order valence-electron chi connectivity index (χ2n) is 11.3. The van der Waals surface area contributed by atoms with Crippen molar-refractivity contribution in [1.82, 2.24) is 9.78 Å². The molecule has 7 heteroatoms. The summed E-state index contributed by atoms with van der Waals surface area (Å²) in [5, 5.41) is 18.2. The van der Waals surface area contributed by atoms with Crippen molar-refractivity contribution < 1.29 is 14.7 Å². The second kappa shape index (κ2) is 11.3. The molecule has 2 heterocycles. The number of hydrogen-bond donors (Lipinski definition) is 2. The number of benzene rings is 4. The molecule has 1 saturated heterocycles. The molecule has 7 nitrogen and oxygen atoms in total. The van der Waals surface area contributed by atoms with Gasteiger partial charge in [0.05, 0.1) is 23.5 Å². The number of allylic oxidation sites excluding steroid dienone is 1. The zero-order chi connectivity index (χ0) is 29.3. The summed E-state index contributed by atoms with van der Waals surface area (Å²) < 4.78 is 1.83. The topological polar surface area (TPSA) is 87.5 Å². The lowest BCUT2D eigenvalue weighted by molar-refractivity contribution is 0.0991. The molecule has 1 amide bonds. The maximum atomic E-state index is 13.0. The fourth-order valence-corrected chi connectivity index (χ4v) is 5.96. The summed E-state index contributed by atoms with van der Waals surface area (Å²) in [5.41, 5.74) is 8.32. The van der Waals surface area contributed by atoms with E-state index in [1.54, 1.807) is 6.20 Å². The van der Waals surface area contributed by atoms with Crippen LogP contribution in [-0.2, 0) is 12.8 Å². The molecule has 4 aromatic carbocycles. The van der Waals surface area contributed by atoms with Gasteiger partial charge in [-0.1, -0.05) is 30.4 Å². The molecule has 0 unspecified atom stereocenters. The molecule has 2 N–H and O–H groups in total. The molecule has 0 saturated carbocycles. The summed E-state index contributed by atoms with van der Waals surface area (Å²) in [6.07, 6.45) is 8.66. The second-order valence-corrected chi connectivity index (χ2v) is 11.3. The molecular formula is C36H32N4O3. The van der Waals surface area contributed by atoms with Gasteiger partial charge < -0.3 is 15.3 Å². The van der Waals surface area contributed by atoms with Crippen LogP contribution in [0.4, 0.5) is 11.4 Å². The first-order valence-electron chi connectivity index (χ1n) is 14.7. The highest BCUT2D eigenvalue weighted by Crippen LogP contribution is 2.25. The number of carbonyl (C=O) groups is 2. The van der Waals surface area contributed by atoms with Crippen molar-refractivity contribution in [2.75, 3.05) is 23.3 Å². The van der Waals surface area contributed by atoms with Gasteiger partial charge in [-0.2, -0.15) is 5.10 Å². The molecule has 0 atom stereocenters. The number of nitrogens with zero attached hydrogens (tertiary/aromatic N) is 3. The molecule has 0 bridgehead atoms. The third-order valence-corrected chi connectivity index (χ3v) is 8.43. The average molecular weight is 569 g/mol. The number of piperidine rings is 1. The van der Waals surface area contributed by atoms with Gasteiger partial charge in [0.15, 0.2) is 5.78 Å². The number of aliphatic hydroxyl groups excluding tert-OH is 1. The summed E-state index contributed by atoms with van der Waals surface area (Å²) in [6, 6.07) is 27.1. The van der Waals surface area contributed by atoms with E-state index in [9.17, 15) is 14.7 Å². The lowest BCUT2D eigenvalue weighted by Gasteiger charge is -2.31. The Morgan fingerprint density at radius 1 is 0.860 bits per heavy atom. The van der Waals surface area contributed by atoms with Gasteiger partial charge in [-0.25, -0.2) is 4.68 Å². The van der Waals surface area contributed by atoms with Gasteiger partial charge in [-0.3, -0.25) is 9.59 Å². The number of Topliss-reactive ketones (excluding diaryl/α,β-unsaturated/α-hetero) is 1. The molecule has 1 aliphatic carbocycles. The maximum Gasteiger partial charge on any atom is 0.255 e. The number of nitrogens with one attached hydrogen (secondary N) is 1. The van der Waals surface area contributed by atoms with Crippen molar-refractivity contribution in [3.63, 3.8) is 0 Å². The Labute approximate surface area is 250 Å². The van der Waals surface area contributed by atoms with Gasteiger partial charge in [-0.15, -0.1) is 0 Å². The van der Waals surface area contributed by atoms with Crippen molar-refractivity contribution in [2.45, 2.75) is 31.8 Å². The van der Waals surface area contributed by atoms with E-state index in [-0.39, 0.29) is 17.8 Å². The average Bonchev–Trinajstić information content (AvgIpc) is 3.68. The first kappa shape index (κ1) is 26.9. The zero-order valence-electron chi connectivity index (χ0n) is 23.7. The summed E-state index contributed by atoms with van der Waals surface area (Å²) in [4.78, 5) is 28.2. The Kier molecular flexibility index (Phi) is 7.09. The summed E-state index contributed by atoms with van der Waals surface area (Å²) in [7, 11) is 0. The van der Waals surface area contributed by atoms with Gasteiger partial charge in [0.1, 0.15) is 0 Å². The normalized spacial score (nSPS) is 14.7. The third kappa shape index (κ3) is 5.59. The smallest absolute Gasteiger partial charge is 0.255 e. The highest BCUT2D eigenvalue weighted by Gasteiger charge is 2.18. The number of fused-ring (bicyclic) bond motifs is 2. The van der Waals surface area contributed by atoms with Crippen molar-refractivity contribution in [1.29, 1.82) is 0 Å². The molecule has 1 fully saturated rings. The van der Waals surface area contributed by atoms with Crippen LogP contribution >= 0.6 is 0 Å². The molecular weight excluding hydrogens is 536 g/mol. The van der Waals surface area contributed by atoms with Crippen LogP contribution in [0.1, 0.15) is 50.2 Å². The third-order valence-electron chi connectivity index (χ3n) is 8.43. The van der Waals surface area contributed by atoms with E-state index in [0.29, 0.717) is 23.2 Å². The maximum absolute atomic E-state index is 13.0. The van der Waals surface area contributed by atoms with E-state index in [1.165, 1.54) is 11.1 Å². The van der Waals surface area contributed by atoms with Crippen molar-refractivity contribution >= 4 is 40.0 Å². The number of hydrogen-bond acceptors (Lipinski definition) is 5.